The summed E-state index contributed by atoms with van der Waals surface area (Å²) >= 11 is 0. The summed E-state index contributed by atoms with van der Waals surface area (Å²) in [6.07, 6.45) is 0.732. The first-order valence-electron chi connectivity index (χ1n) is 8.24. The van der Waals surface area contributed by atoms with Gasteiger partial charge < -0.3 is 10.2 Å². The molecule has 1 aliphatic heterocycles. The largest absolute Gasteiger partial charge is 0.338 e. The summed E-state index contributed by atoms with van der Waals surface area (Å²) in [4.78, 5) is 26.3. The third-order valence-corrected chi connectivity index (χ3v) is 4.59. The van der Waals surface area contributed by atoms with Crippen molar-refractivity contribution in [3.05, 3.63) is 64.7 Å². The minimum absolute atomic E-state index is 0.116. The van der Waals surface area contributed by atoms with Crippen LogP contribution in [0.25, 0.3) is 0 Å². The van der Waals surface area contributed by atoms with Crippen molar-refractivity contribution >= 4 is 17.5 Å². The fourth-order valence-electron chi connectivity index (χ4n) is 2.98. The van der Waals surface area contributed by atoms with Gasteiger partial charge in [0, 0.05) is 18.8 Å². The molecular formula is C20H22N2O2. The maximum Gasteiger partial charge on any atom is 0.233 e. The molecule has 3 rings (SSSR count). The van der Waals surface area contributed by atoms with Gasteiger partial charge in [0.1, 0.15) is 6.42 Å². The van der Waals surface area contributed by atoms with Crippen molar-refractivity contribution in [1.29, 1.82) is 0 Å². The summed E-state index contributed by atoms with van der Waals surface area (Å²) in [5.41, 5.74) is 5.50. The predicted molar refractivity (Wildman–Crippen MR) is 94.7 cm³/mol. The van der Waals surface area contributed by atoms with E-state index in [1.54, 1.807) is 4.90 Å². The Morgan fingerprint density at radius 1 is 1.04 bits per heavy atom. The normalized spacial score (nSPS) is 13.3. The second-order valence-corrected chi connectivity index (χ2v) is 6.36. The van der Waals surface area contributed by atoms with Gasteiger partial charge in [-0.1, -0.05) is 30.3 Å². The van der Waals surface area contributed by atoms with E-state index in [1.165, 1.54) is 16.7 Å². The minimum Gasteiger partial charge on any atom is -0.338 e. The van der Waals surface area contributed by atoms with Gasteiger partial charge in [0.25, 0.3) is 0 Å². The zero-order chi connectivity index (χ0) is 17.1. The van der Waals surface area contributed by atoms with Crippen molar-refractivity contribution < 1.29 is 9.59 Å². The van der Waals surface area contributed by atoms with Gasteiger partial charge in [-0.2, -0.15) is 0 Å². The van der Waals surface area contributed by atoms with Gasteiger partial charge >= 0.3 is 0 Å². The average molecular weight is 322 g/mol. The van der Waals surface area contributed by atoms with E-state index in [4.69, 9.17) is 0 Å². The predicted octanol–water partition coefficient (Wildman–Crippen LogP) is 3.22. The lowest BCUT2D eigenvalue weighted by molar-refractivity contribution is -0.135. The van der Waals surface area contributed by atoms with Gasteiger partial charge in [0.2, 0.25) is 11.8 Å². The molecule has 4 nitrogen and oxygen atoms in total. The number of fused-ring (bicyclic) bond motifs is 1. The topological polar surface area (TPSA) is 49.4 Å². The Morgan fingerprint density at radius 3 is 2.54 bits per heavy atom. The van der Waals surface area contributed by atoms with Crippen LogP contribution in [0.1, 0.15) is 28.7 Å². The molecule has 0 bridgehead atoms. The lowest BCUT2D eigenvalue weighted by Crippen LogP contribution is -2.37. The Labute approximate surface area is 142 Å². The van der Waals surface area contributed by atoms with Crippen LogP contribution in [-0.4, -0.2) is 23.3 Å². The number of hydrogen-bond donors (Lipinski definition) is 1. The van der Waals surface area contributed by atoms with Crippen LogP contribution in [0.3, 0.4) is 0 Å². The summed E-state index contributed by atoms with van der Waals surface area (Å²) in [5, 5.41) is 2.81. The molecule has 0 radical (unpaired) electrons. The number of benzene rings is 2. The molecule has 4 heteroatoms. The van der Waals surface area contributed by atoms with Crippen molar-refractivity contribution in [1.82, 2.24) is 4.90 Å². The van der Waals surface area contributed by atoms with Crippen LogP contribution >= 0.6 is 0 Å². The number of rotatable bonds is 3. The molecular weight excluding hydrogens is 300 g/mol. The van der Waals surface area contributed by atoms with Gasteiger partial charge in [0.15, 0.2) is 0 Å². The fourth-order valence-corrected chi connectivity index (χ4v) is 2.98. The van der Waals surface area contributed by atoms with Crippen LogP contribution in [0.4, 0.5) is 5.69 Å². The van der Waals surface area contributed by atoms with E-state index in [2.05, 4.69) is 11.4 Å². The molecule has 1 aliphatic rings. The van der Waals surface area contributed by atoms with Gasteiger partial charge in [-0.05, 0) is 54.7 Å². The van der Waals surface area contributed by atoms with Crippen LogP contribution in [-0.2, 0) is 22.6 Å². The lowest BCUT2D eigenvalue weighted by Gasteiger charge is -2.28. The highest BCUT2D eigenvalue weighted by Gasteiger charge is 2.22. The van der Waals surface area contributed by atoms with Crippen molar-refractivity contribution in [2.45, 2.75) is 33.2 Å². The molecule has 0 aromatic heterocycles. The number of anilines is 1. The van der Waals surface area contributed by atoms with Crippen LogP contribution in [0.5, 0.6) is 0 Å². The Balaban J connectivity index is 1.58. The molecule has 0 saturated heterocycles. The van der Waals surface area contributed by atoms with E-state index >= 15 is 0 Å². The summed E-state index contributed by atoms with van der Waals surface area (Å²) in [5.74, 6) is -0.382. The number of aryl methyl sites for hydroxylation is 2. The molecule has 0 unspecified atom stereocenters. The third-order valence-electron chi connectivity index (χ3n) is 4.59. The van der Waals surface area contributed by atoms with Gasteiger partial charge in [-0.15, -0.1) is 0 Å². The molecule has 24 heavy (non-hydrogen) atoms. The molecule has 1 N–H and O–H groups in total. The molecule has 0 spiro atoms. The first kappa shape index (κ1) is 16.2. The average Bonchev–Trinajstić information content (AvgIpc) is 2.57. The van der Waals surface area contributed by atoms with Gasteiger partial charge in [-0.25, -0.2) is 0 Å². The Bertz CT molecular complexity index is 783. The van der Waals surface area contributed by atoms with Crippen LogP contribution < -0.4 is 5.32 Å². The van der Waals surface area contributed by atoms with Crippen molar-refractivity contribution in [3.63, 3.8) is 0 Å². The summed E-state index contributed by atoms with van der Waals surface area (Å²) in [6.45, 7) is 5.29. The van der Waals surface area contributed by atoms with E-state index < -0.39 is 0 Å². The minimum atomic E-state index is -0.262. The number of hydrogen-bond acceptors (Lipinski definition) is 2. The monoisotopic (exact) mass is 322 g/mol. The van der Waals surface area contributed by atoms with Crippen LogP contribution in [0, 0.1) is 13.8 Å². The summed E-state index contributed by atoms with van der Waals surface area (Å²) in [7, 11) is 0. The maximum absolute atomic E-state index is 12.4. The first-order chi connectivity index (χ1) is 11.5. The van der Waals surface area contributed by atoms with E-state index in [0.29, 0.717) is 13.1 Å². The van der Waals surface area contributed by atoms with E-state index in [1.807, 2.05) is 50.2 Å². The zero-order valence-corrected chi connectivity index (χ0v) is 14.1. The highest BCUT2D eigenvalue weighted by atomic mass is 16.2. The number of nitrogens with one attached hydrogen (secondary N) is 1. The van der Waals surface area contributed by atoms with E-state index in [-0.39, 0.29) is 18.2 Å². The smallest absolute Gasteiger partial charge is 0.233 e. The van der Waals surface area contributed by atoms with Gasteiger partial charge in [0.05, 0.1) is 0 Å². The molecule has 0 aliphatic carbocycles. The van der Waals surface area contributed by atoms with E-state index in [0.717, 1.165) is 17.7 Å². The molecule has 0 saturated carbocycles. The van der Waals surface area contributed by atoms with E-state index in [9.17, 15) is 9.59 Å². The number of nitrogens with zero attached hydrogens (tertiary/aromatic N) is 1. The molecule has 0 atom stereocenters. The third kappa shape index (κ3) is 3.65. The molecule has 124 valence electrons. The fraction of sp³-hybridized carbons (Fsp3) is 0.300. The highest BCUT2D eigenvalue weighted by Crippen LogP contribution is 2.19. The SMILES string of the molecule is Cc1ccc(NC(=O)CC(=O)N2CCc3ccccc3C2)cc1C. The standard InChI is InChI=1S/C20H22N2O2/c1-14-7-8-18(11-15(14)2)21-19(23)12-20(24)22-10-9-16-5-3-4-6-17(16)13-22/h3-8,11H,9-10,12-13H2,1-2H3,(H,21,23). The Kier molecular flexibility index (Phi) is 4.65. The molecule has 2 aromatic rings. The number of amides is 2. The Morgan fingerprint density at radius 2 is 1.79 bits per heavy atom. The zero-order valence-electron chi connectivity index (χ0n) is 14.1. The maximum atomic E-state index is 12.4. The summed E-state index contributed by atoms with van der Waals surface area (Å²) < 4.78 is 0. The number of carbonyl (C=O) groups is 2. The first-order valence-corrected chi connectivity index (χ1v) is 8.24. The number of carbonyl (C=O) groups excluding carboxylic acids is 2. The van der Waals surface area contributed by atoms with Crippen LogP contribution in [0.15, 0.2) is 42.5 Å². The van der Waals surface area contributed by atoms with Crippen molar-refractivity contribution in [2.75, 3.05) is 11.9 Å². The molecule has 2 aromatic carbocycles. The van der Waals surface area contributed by atoms with Gasteiger partial charge in [-0.3, -0.25) is 9.59 Å². The van der Waals surface area contributed by atoms with Crippen molar-refractivity contribution in [3.8, 4) is 0 Å². The molecule has 1 heterocycles. The quantitative estimate of drug-likeness (QED) is 0.882. The Hall–Kier alpha value is -2.62. The lowest BCUT2D eigenvalue weighted by atomic mass is 10.00. The van der Waals surface area contributed by atoms with Crippen molar-refractivity contribution in [2.24, 2.45) is 0 Å². The second kappa shape index (κ2) is 6.87. The van der Waals surface area contributed by atoms with Crippen LogP contribution in [0.2, 0.25) is 0 Å². The second-order valence-electron chi connectivity index (χ2n) is 6.36. The highest BCUT2D eigenvalue weighted by molar-refractivity contribution is 6.03. The summed E-state index contributed by atoms with van der Waals surface area (Å²) in [6, 6.07) is 13.9. The molecule has 0 fully saturated rings. The molecule has 2 amide bonds.